The van der Waals surface area contributed by atoms with E-state index in [2.05, 4.69) is 9.97 Å². The van der Waals surface area contributed by atoms with Gasteiger partial charge in [-0.2, -0.15) is 0 Å². The molecule has 3 rings (SSSR count). The Kier molecular flexibility index (Phi) is 4.35. The van der Waals surface area contributed by atoms with Gasteiger partial charge in [-0.15, -0.1) is 11.3 Å². The summed E-state index contributed by atoms with van der Waals surface area (Å²) in [5.41, 5.74) is -1.30. The highest BCUT2D eigenvalue weighted by molar-refractivity contribution is 7.22. The first-order valence-corrected chi connectivity index (χ1v) is 8.82. The third kappa shape index (κ3) is 3.10. The monoisotopic (exact) mass is 377 g/mol. The number of hydrogen-bond donors (Lipinski definition) is 1. The fourth-order valence-corrected chi connectivity index (χ4v) is 3.74. The molecule has 1 N–H and O–H groups in total. The summed E-state index contributed by atoms with van der Waals surface area (Å²) in [6.45, 7) is 8.38. The van der Waals surface area contributed by atoms with Gasteiger partial charge in [-0.25, -0.2) is 19.1 Å². The van der Waals surface area contributed by atoms with E-state index in [1.165, 1.54) is 30.7 Å². The Morgan fingerprint density at radius 1 is 1.38 bits per heavy atom. The van der Waals surface area contributed by atoms with E-state index in [-0.39, 0.29) is 0 Å². The highest BCUT2D eigenvalue weighted by atomic mass is 32.1. The van der Waals surface area contributed by atoms with Crippen molar-refractivity contribution >= 4 is 27.5 Å². The molecular weight excluding hydrogens is 358 g/mol. The number of aromatic nitrogens is 3. The number of H-pyrrole nitrogens is 1. The predicted octanol–water partition coefficient (Wildman–Crippen LogP) is 2.62. The molecule has 0 amide bonds. The van der Waals surface area contributed by atoms with Crippen LogP contribution in [0.3, 0.4) is 0 Å². The van der Waals surface area contributed by atoms with Crippen LogP contribution in [-0.2, 0) is 9.53 Å². The highest BCUT2D eigenvalue weighted by Gasteiger charge is 2.27. The maximum atomic E-state index is 13.0. The number of carbonyl (C=O) groups is 1. The van der Waals surface area contributed by atoms with Crippen molar-refractivity contribution in [3.05, 3.63) is 38.9 Å². The van der Waals surface area contributed by atoms with Gasteiger partial charge in [0.05, 0.1) is 16.5 Å². The number of nitrogens with zero attached hydrogens (tertiary/aromatic N) is 2. The van der Waals surface area contributed by atoms with Crippen LogP contribution in [0.25, 0.3) is 21.0 Å². The normalized spacial score (nSPS) is 13.1. The summed E-state index contributed by atoms with van der Waals surface area (Å²) in [5, 5.41) is 0.332. The Morgan fingerprint density at radius 3 is 2.65 bits per heavy atom. The Balaban J connectivity index is 2.16. The second kappa shape index (κ2) is 6.24. The van der Waals surface area contributed by atoms with Gasteiger partial charge < -0.3 is 9.15 Å². The average Bonchev–Trinajstić information content (AvgIpc) is 3.13. The second-order valence-electron chi connectivity index (χ2n) is 6.91. The van der Waals surface area contributed by atoms with Crippen molar-refractivity contribution < 1.29 is 13.9 Å². The lowest BCUT2D eigenvalue weighted by Crippen LogP contribution is -2.41. The molecule has 0 saturated carbocycles. The van der Waals surface area contributed by atoms with Crippen LogP contribution in [0.1, 0.15) is 39.3 Å². The zero-order valence-corrected chi connectivity index (χ0v) is 15.9. The number of fused-ring (bicyclic) bond motifs is 1. The standard InChI is InChI=1S/C17H19N3O5S/c1-8-10-13(26-11(8)12-18-6-7-24-12)19-16(23)20(14(10)21)9(2)15(22)25-17(3,4)5/h6-7,9H,1-5H3,(H,19,23)/t9-/m1/s1. The molecule has 0 fully saturated rings. The van der Waals surface area contributed by atoms with Crippen LogP contribution in [0, 0.1) is 6.92 Å². The molecule has 0 radical (unpaired) electrons. The van der Waals surface area contributed by atoms with E-state index in [0.717, 1.165) is 4.57 Å². The number of hydrogen-bond acceptors (Lipinski definition) is 7. The van der Waals surface area contributed by atoms with Crippen molar-refractivity contribution in [2.75, 3.05) is 0 Å². The lowest BCUT2D eigenvalue weighted by molar-refractivity contribution is -0.158. The van der Waals surface area contributed by atoms with Crippen molar-refractivity contribution in [2.45, 2.75) is 46.3 Å². The molecule has 0 unspecified atom stereocenters. The fourth-order valence-electron chi connectivity index (χ4n) is 2.61. The number of carbonyl (C=O) groups excluding carboxylic acids is 1. The quantitative estimate of drug-likeness (QED) is 0.703. The van der Waals surface area contributed by atoms with Crippen LogP contribution >= 0.6 is 11.3 Å². The van der Waals surface area contributed by atoms with Gasteiger partial charge in [0, 0.05) is 0 Å². The molecule has 0 spiro atoms. The third-order valence-electron chi connectivity index (χ3n) is 3.78. The number of ether oxygens (including phenoxy) is 1. The number of nitrogens with one attached hydrogen (secondary N) is 1. The zero-order valence-electron chi connectivity index (χ0n) is 15.1. The van der Waals surface area contributed by atoms with Gasteiger partial charge in [-0.3, -0.25) is 9.78 Å². The molecule has 138 valence electrons. The molecule has 0 saturated heterocycles. The molecule has 3 aromatic rings. The summed E-state index contributed by atoms with van der Waals surface area (Å²) in [6, 6.07) is -1.06. The van der Waals surface area contributed by atoms with Gasteiger partial charge in [-0.1, -0.05) is 0 Å². The average molecular weight is 377 g/mol. The molecule has 3 aromatic heterocycles. The lowest BCUT2D eigenvalue weighted by Gasteiger charge is -2.22. The van der Waals surface area contributed by atoms with E-state index in [1.807, 2.05) is 0 Å². The zero-order chi connectivity index (χ0) is 19.2. The van der Waals surface area contributed by atoms with Crippen molar-refractivity contribution in [3.63, 3.8) is 0 Å². The first-order chi connectivity index (χ1) is 12.1. The van der Waals surface area contributed by atoms with Crippen molar-refractivity contribution in [2.24, 2.45) is 0 Å². The smallest absolute Gasteiger partial charge is 0.330 e. The van der Waals surface area contributed by atoms with Gasteiger partial charge in [0.1, 0.15) is 22.7 Å². The summed E-state index contributed by atoms with van der Waals surface area (Å²) in [4.78, 5) is 45.5. The van der Waals surface area contributed by atoms with Gasteiger partial charge in [0.2, 0.25) is 5.89 Å². The first-order valence-electron chi connectivity index (χ1n) is 8.01. The number of oxazole rings is 1. The summed E-state index contributed by atoms with van der Waals surface area (Å²) < 4.78 is 11.5. The van der Waals surface area contributed by atoms with Gasteiger partial charge in [0.25, 0.3) is 5.56 Å². The summed E-state index contributed by atoms with van der Waals surface area (Å²) in [6.07, 6.45) is 2.94. The third-order valence-corrected chi connectivity index (χ3v) is 4.98. The maximum Gasteiger partial charge on any atom is 0.330 e. The molecule has 8 nitrogen and oxygen atoms in total. The number of esters is 1. The summed E-state index contributed by atoms with van der Waals surface area (Å²) in [5.74, 6) is -0.277. The SMILES string of the molecule is Cc1c(-c2ncco2)sc2[nH]c(=O)n([C@H](C)C(=O)OC(C)(C)C)c(=O)c12. The van der Waals surface area contributed by atoms with Crippen LogP contribution < -0.4 is 11.2 Å². The lowest BCUT2D eigenvalue weighted by atomic mass is 10.2. The molecule has 0 aliphatic heterocycles. The molecule has 0 aliphatic carbocycles. The van der Waals surface area contributed by atoms with Crippen LogP contribution in [0.15, 0.2) is 26.5 Å². The Hall–Kier alpha value is -2.68. The Bertz CT molecular complexity index is 1080. The highest BCUT2D eigenvalue weighted by Crippen LogP contribution is 2.34. The Morgan fingerprint density at radius 2 is 2.08 bits per heavy atom. The molecule has 26 heavy (non-hydrogen) atoms. The molecule has 0 aliphatic rings. The minimum atomic E-state index is -1.06. The van der Waals surface area contributed by atoms with Gasteiger partial charge >= 0.3 is 11.7 Å². The van der Waals surface area contributed by atoms with Crippen molar-refractivity contribution in [3.8, 4) is 10.8 Å². The molecule has 0 bridgehead atoms. The topological polar surface area (TPSA) is 107 Å². The number of thiophene rings is 1. The van der Waals surface area contributed by atoms with E-state index >= 15 is 0 Å². The number of rotatable bonds is 3. The first kappa shape index (κ1) is 18.1. The van der Waals surface area contributed by atoms with Crippen LogP contribution in [0.5, 0.6) is 0 Å². The maximum absolute atomic E-state index is 13.0. The molecular formula is C17H19N3O5S. The fraction of sp³-hybridized carbons (Fsp3) is 0.412. The predicted molar refractivity (Wildman–Crippen MR) is 97.5 cm³/mol. The van der Waals surface area contributed by atoms with E-state index in [0.29, 0.717) is 26.5 Å². The van der Waals surface area contributed by atoms with Crippen molar-refractivity contribution in [1.82, 2.24) is 14.5 Å². The van der Waals surface area contributed by atoms with Crippen LogP contribution in [-0.4, -0.2) is 26.1 Å². The van der Waals surface area contributed by atoms with E-state index in [9.17, 15) is 14.4 Å². The van der Waals surface area contributed by atoms with Gasteiger partial charge in [0.15, 0.2) is 0 Å². The minimum absolute atomic E-state index is 0.332. The van der Waals surface area contributed by atoms with Crippen LogP contribution in [0.2, 0.25) is 0 Å². The van der Waals surface area contributed by atoms with E-state index in [1.54, 1.807) is 27.7 Å². The number of aromatic amines is 1. The second-order valence-corrected chi connectivity index (χ2v) is 7.93. The Labute approximate surface area is 152 Å². The molecule has 1 atom stereocenters. The van der Waals surface area contributed by atoms with E-state index < -0.39 is 28.9 Å². The molecule has 0 aromatic carbocycles. The van der Waals surface area contributed by atoms with Crippen molar-refractivity contribution in [1.29, 1.82) is 0 Å². The summed E-state index contributed by atoms with van der Waals surface area (Å²) in [7, 11) is 0. The molecule has 9 heteroatoms. The number of aryl methyl sites for hydroxylation is 1. The van der Waals surface area contributed by atoms with Crippen LogP contribution in [0.4, 0.5) is 0 Å². The van der Waals surface area contributed by atoms with E-state index in [4.69, 9.17) is 9.15 Å². The largest absolute Gasteiger partial charge is 0.458 e. The summed E-state index contributed by atoms with van der Waals surface area (Å²) >= 11 is 1.21. The van der Waals surface area contributed by atoms with Gasteiger partial charge in [-0.05, 0) is 40.2 Å². The minimum Gasteiger partial charge on any atom is -0.458 e. The molecule has 3 heterocycles.